The molecule has 1 N–H and O–H groups in total. The Morgan fingerprint density at radius 2 is 2.14 bits per heavy atom. The van der Waals surface area contributed by atoms with E-state index < -0.39 is 0 Å². The number of benzene rings is 1. The minimum Gasteiger partial charge on any atom is -0.354 e. The molecule has 0 aromatic heterocycles. The summed E-state index contributed by atoms with van der Waals surface area (Å²) in [5.74, 6) is 0.282. The van der Waals surface area contributed by atoms with E-state index in [0.29, 0.717) is 23.0 Å². The van der Waals surface area contributed by atoms with Crippen molar-refractivity contribution in [2.45, 2.75) is 39.3 Å². The van der Waals surface area contributed by atoms with Gasteiger partial charge in [-0.25, -0.2) is 4.39 Å². The third-order valence-corrected chi connectivity index (χ3v) is 4.41. The van der Waals surface area contributed by atoms with Crippen LogP contribution < -0.4 is 5.32 Å². The number of hydrogen-bond donors (Lipinski definition) is 1. The maximum atomic E-state index is 13.8. The van der Waals surface area contributed by atoms with Crippen molar-refractivity contribution in [3.8, 4) is 0 Å². The minimum atomic E-state index is -0.240. The van der Waals surface area contributed by atoms with Crippen LogP contribution in [-0.4, -0.2) is 29.9 Å². The molecule has 5 heteroatoms. The third kappa shape index (κ3) is 4.68. The van der Waals surface area contributed by atoms with Gasteiger partial charge in [0, 0.05) is 30.1 Å². The van der Waals surface area contributed by atoms with Crippen molar-refractivity contribution < 1.29 is 9.18 Å². The first-order chi connectivity index (χ1) is 9.95. The molecule has 1 fully saturated rings. The Bertz CT molecular complexity index is 501. The van der Waals surface area contributed by atoms with Crippen LogP contribution in [0.2, 0.25) is 5.02 Å². The lowest BCUT2D eigenvalue weighted by Gasteiger charge is -2.35. The first-order valence-electron chi connectivity index (χ1n) is 7.39. The first kappa shape index (κ1) is 16.2. The van der Waals surface area contributed by atoms with Crippen molar-refractivity contribution >= 4 is 17.5 Å². The molecule has 1 aromatic carbocycles. The van der Waals surface area contributed by atoms with E-state index in [4.69, 9.17) is 11.6 Å². The van der Waals surface area contributed by atoms with Crippen LogP contribution in [0, 0.1) is 11.7 Å². The molecule has 1 heterocycles. The van der Waals surface area contributed by atoms with Crippen molar-refractivity contribution in [2.24, 2.45) is 5.92 Å². The average molecular weight is 313 g/mol. The number of carbonyl (C=O) groups excluding carboxylic acids is 1. The monoisotopic (exact) mass is 312 g/mol. The van der Waals surface area contributed by atoms with Crippen LogP contribution in [0.1, 0.15) is 32.3 Å². The van der Waals surface area contributed by atoms with Crippen LogP contribution in [0.4, 0.5) is 4.39 Å². The van der Waals surface area contributed by atoms with Crippen LogP contribution >= 0.6 is 11.6 Å². The molecule has 0 unspecified atom stereocenters. The molecule has 116 valence electrons. The molecule has 2 rings (SSSR count). The Hall–Kier alpha value is -1.13. The Morgan fingerprint density at radius 1 is 1.48 bits per heavy atom. The highest BCUT2D eigenvalue weighted by Crippen LogP contribution is 2.23. The molecule has 1 amide bonds. The molecule has 1 aromatic rings. The van der Waals surface area contributed by atoms with E-state index >= 15 is 0 Å². The summed E-state index contributed by atoms with van der Waals surface area (Å²) in [6.45, 7) is 6.08. The summed E-state index contributed by atoms with van der Waals surface area (Å²) in [6, 6.07) is 5.05. The number of nitrogens with one attached hydrogen (secondary N) is 1. The number of piperidine rings is 1. The highest BCUT2D eigenvalue weighted by atomic mass is 35.5. The largest absolute Gasteiger partial charge is 0.354 e. The van der Waals surface area contributed by atoms with E-state index in [9.17, 15) is 9.18 Å². The molecule has 1 aliphatic heterocycles. The van der Waals surface area contributed by atoms with Gasteiger partial charge in [0.1, 0.15) is 5.82 Å². The van der Waals surface area contributed by atoms with Gasteiger partial charge in [0.25, 0.3) is 0 Å². The molecule has 0 saturated carbocycles. The second-order valence-electron chi connectivity index (χ2n) is 5.84. The van der Waals surface area contributed by atoms with Crippen molar-refractivity contribution in [3.05, 3.63) is 34.6 Å². The zero-order valence-corrected chi connectivity index (χ0v) is 13.3. The minimum absolute atomic E-state index is 0.0214. The maximum Gasteiger partial charge on any atom is 0.217 e. The van der Waals surface area contributed by atoms with Gasteiger partial charge in [-0.1, -0.05) is 17.7 Å². The van der Waals surface area contributed by atoms with Crippen molar-refractivity contribution in [1.82, 2.24) is 10.2 Å². The van der Waals surface area contributed by atoms with E-state index in [-0.39, 0.29) is 17.8 Å². The number of carbonyl (C=O) groups is 1. The van der Waals surface area contributed by atoms with Crippen LogP contribution in [-0.2, 0) is 11.3 Å². The van der Waals surface area contributed by atoms with Gasteiger partial charge in [-0.05, 0) is 50.9 Å². The highest BCUT2D eigenvalue weighted by molar-refractivity contribution is 6.30. The normalized spacial score (nSPS) is 18.5. The molecule has 0 aliphatic carbocycles. The summed E-state index contributed by atoms with van der Waals surface area (Å²) in [5.41, 5.74) is 0.688. The molecule has 3 nitrogen and oxygen atoms in total. The quantitative estimate of drug-likeness (QED) is 0.926. The summed E-state index contributed by atoms with van der Waals surface area (Å²) in [7, 11) is 0. The van der Waals surface area contributed by atoms with Gasteiger partial charge in [-0.2, -0.15) is 0 Å². The van der Waals surface area contributed by atoms with Crippen LogP contribution in [0.3, 0.4) is 0 Å². The summed E-state index contributed by atoms with van der Waals surface area (Å²) in [5, 5.41) is 3.39. The van der Waals surface area contributed by atoms with Gasteiger partial charge in [-0.15, -0.1) is 0 Å². The summed E-state index contributed by atoms with van der Waals surface area (Å²) in [6.07, 6.45) is 2.05. The van der Waals surface area contributed by atoms with Gasteiger partial charge >= 0.3 is 0 Å². The van der Waals surface area contributed by atoms with E-state index in [1.165, 1.54) is 6.07 Å². The second-order valence-corrected chi connectivity index (χ2v) is 6.27. The number of amides is 1. The van der Waals surface area contributed by atoms with Crippen molar-refractivity contribution in [2.75, 3.05) is 13.1 Å². The smallest absolute Gasteiger partial charge is 0.217 e. The lowest BCUT2D eigenvalue weighted by atomic mass is 9.90. The number of likely N-dealkylation sites (tertiary alicyclic amines) is 1. The molecule has 0 spiro atoms. The van der Waals surface area contributed by atoms with E-state index in [2.05, 4.69) is 17.1 Å². The molecule has 21 heavy (non-hydrogen) atoms. The van der Waals surface area contributed by atoms with E-state index in [1.807, 2.05) is 0 Å². The number of halogens is 2. The van der Waals surface area contributed by atoms with E-state index in [0.717, 1.165) is 25.9 Å². The van der Waals surface area contributed by atoms with Crippen LogP contribution in [0.15, 0.2) is 18.2 Å². The summed E-state index contributed by atoms with van der Waals surface area (Å²) < 4.78 is 13.8. The van der Waals surface area contributed by atoms with Crippen molar-refractivity contribution in [3.63, 3.8) is 0 Å². The molecular formula is C16H22ClFN2O. The zero-order chi connectivity index (χ0) is 15.4. The molecule has 1 aliphatic rings. The SMILES string of the molecule is CC(=O)N[C@@H](C)C1CCN(Cc2ccc(Cl)cc2F)CC1. The lowest BCUT2D eigenvalue weighted by molar-refractivity contribution is -0.120. The predicted molar refractivity (Wildman–Crippen MR) is 82.7 cm³/mol. The number of rotatable bonds is 4. The highest BCUT2D eigenvalue weighted by Gasteiger charge is 2.24. The van der Waals surface area contributed by atoms with Gasteiger partial charge in [-0.3, -0.25) is 9.69 Å². The molecule has 0 bridgehead atoms. The molecular weight excluding hydrogens is 291 g/mol. The van der Waals surface area contributed by atoms with Gasteiger partial charge < -0.3 is 5.32 Å². The Morgan fingerprint density at radius 3 is 2.71 bits per heavy atom. The Labute approximate surface area is 130 Å². The summed E-state index contributed by atoms with van der Waals surface area (Å²) >= 11 is 5.77. The maximum absolute atomic E-state index is 13.8. The first-order valence-corrected chi connectivity index (χ1v) is 7.77. The fraction of sp³-hybridized carbons (Fsp3) is 0.562. The van der Waals surface area contributed by atoms with Gasteiger partial charge in [0.05, 0.1) is 0 Å². The Kier molecular flexibility index (Phi) is 5.59. The molecule has 1 atom stereocenters. The standard InChI is InChI=1S/C16H22ClFN2O/c1-11(19-12(2)21)13-5-7-20(8-6-13)10-14-3-4-15(17)9-16(14)18/h3-4,9,11,13H,5-8,10H2,1-2H3,(H,19,21)/t11-/m0/s1. The zero-order valence-electron chi connectivity index (χ0n) is 12.5. The van der Waals surface area contributed by atoms with Crippen LogP contribution in [0.25, 0.3) is 0 Å². The predicted octanol–water partition coefficient (Wildman–Crippen LogP) is 3.22. The fourth-order valence-electron chi connectivity index (χ4n) is 2.94. The van der Waals surface area contributed by atoms with Gasteiger partial charge in [0.2, 0.25) is 5.91 Å². The Balaban J connectivity index is 1.85. The number of hydrogen-bond acceptors (Lipinski definition) is 2. The topological polar surface area (TPSA) is 32.3 Å². The molecule has 1 saturated heterocycles. The average Bonchev–Trinajstić information content (AvgIpc) is 2.42. The lowest BCUT2D eigenvalue weighted by Crippen LogP contribution is -2.43. The molecule has 0 radical (unpaired) electrons. The second kappa shape index (κ2) is 7.23. The van der Waals surface area contributed by atoms with Crippen LogP contribution in [0.5, 0.6) is 0 Å². The number of nitrogens with zero attached hydrogens (tertiary/aromatic N) is 1. The van der Waals surface area contributed by atoms with Crippen molar-refractivity contribution in [1.29, 1.82) is 0 Å². The summed E-state index contributed by atoms with van der Waals surface area (Å²) in [4.78, 5) is 13.3. The van der Waals surface area contributed by atoms with Gasteiger partial charge in [0.15, 0.2) is 0 Å². The third-order valence-electron chi connectivity index (χ3n) is 4.18. The fourth-order valence-corrected chi connectivity index (χ4v) is 3.10. The van der Waals surface area contributed by atoms with E-state index in [1.54, 1.807) is 19.1 Å².